The van der Waals surface area contributed by atoms with E-state index < -0.39 is 6.36 Å². The largest absolute Gasteiger partial charge is 0.573 e. The summed E-state index contributed by atoms with van der Waals surface area (Å²) in [7, 11) is 1.78. The van der Waals surface area contributed by atoms with Crippen molar-refractivity contribution < 1.29 is 17.9 Å². The molecule has 0 saturated carbocycles. The SMILES string of the molecule is CC.CN=C/C(=C\CCCc1ccc(OC(F)(F)F)cc1)N1CC2(CNC2)C1. The molecule has 28 heavy (non-hydrogen) atoms. The highest BCUT2D eigenvalue weighted by molar-refractivity contribution is 5.77. The first-order valence-electron chi connectivity index (χ1n) is 9.82. The van der Waals surface area contributed by atoms with E-state index in [2.05, 4.69) is 26.0 Å². The Labute approximate surface area is 165 Å². The van der Waals surface area contributed by atoms with E-state index in [1.165, 1.54) is 17.8 Å². The van der Waals surface area contributed by atoms with Crippen molar-refractivity contribution in [3.05, 3.63) is 41.6 Å². The number of unbranched alkanes of at least 4 members (excludes halogenated alkanes) is 1. The van der Waals surface area contributed by atoms with Crippen LogP contribution < -0.4 is 10.1 Å². The van der Waals surface area contributed by atoms with E-state index in [0.29, 0.717) is 5.41 Å². The Morgan fingerprint density at radius 2 is 1.86 bits per heavy atom. The molecule has 0 amide bonds. The van der Waals surface area contributed by atoms with Crippen LogP contribution in [0.1, 0.15) is 32.3 Å². The highest BCUT2D eigenvalue weighted by atomic mass is 19.4. The third-order valence-corrected chi connectivity index (χ3v) is 4.86. The molecule has 2 aliphatic rings. The van der Waals surface area contributed by atoms with Gasteiger partial charge in [0.1, 0.15) is 5.75 Å². The number of likely N-dealkylation sites (tertiary alicyclic amines) is 1. The Kier molecular flexibility index (Phi) is 7.92. The van der Waals surface area contributed by atoms with Gasteiger partial charge in [0.2, 0.25) is 0 Å². The van der Waals surface area contributed by atoms with Gasteiger partial charge in [0.05, 0.1) is 5.70 Å². The van der Waals surface area contributed by atoms with Gasteiger partial charge in [-0.3, -0.25) is 4.99 Å². The van der Waals surface area contributed by atoms with Gasteiger partial charge in [0, 0.05) is 44.9 Å². The van der Waals surface area contributed by atoms with E-state index in [4.69, 9.17) is 0 Å². The fraction of sp³-hybridized carbons (Fsp3) is 0.571. The molecule has 0 atom stereocenters. The van der Waals surface area contributed by atoms with Gasteiger partial charge in [-0.15, -0.1) is 13.2 Å². The normalized spacial score (nSPS) is 18.4. The molecule has 0 aliphatic carbocycles. The van der Waals surface area contributed by atoms with Gasteiger partial charge in [-0.05, 0) is 37.0 Å². The lowest BCUT2D eigenvalue weighted by molar-refractivity contribution is -0.274. The molecule has 0 unspecified atom stereocenters. The van der Waals surface area contributed by atoms with E-state index in [0.717, 1.165) is 51.0 Å². The van der Waals surface area contributed by atoms with Crippen LogP contribution in [0.2, 0.25) is 0 Å². The fourth-order valence-electron chi connectivity index (χ4n) is 3.46. The molecule has 1 spiro atoms. The molecule has 0 radical (unpaired) electrons. The molecule has 0 bridgehead atoms. The molecule has 2 saturated heterocycles. The summed E-state index contributed by atoms with van der Waals surface area (Å²) < 4.78 is 40.3. The van der Waals surface area contributed by atoms with E-state index in [1.54, 1.807) is 19.2 Å². The van der Waals surface area contributed by atoms with Crippen molar-refractivity contribution in [2.24, 2.45) is 10.4 Å². The summed E-state index contributed by atoms with van der Waals surface area (Å²) in [5, 5.41) is 3.33. The third-order valence-electron chi connectivity index (χ3n) is 4.86. The molecule has 2 heterocycles. The zero-order valence-electron chi connectivity index (χ0n) is 16.9. The summed E-state index contributed by atoms with van der Waals surface area (Å²) in [4.78, 5) is 6.51. The quantitative estimate of drug-likeness (QED) is 0.547. The van der Waals surface area contributed by atoms with Crippen LogP contribution in [0, 0.1) is 5.41 Å². The molecule has 1 N–H and O–H groups in total. The molecular weight excluding hydrogens is 367 g/mol. The van der Waals surface area contributed by atoms with E-state index in [-0.39, 0.29) is 5.75 Å². The summed E-state index contributed by atoms with van der Waals surface area (Å²) in [6.07, 6.45) is 2.11. The second-order valence-corrected chi connectivity index (χ2v) is 7.06. The summed E-state index contributed by atoms with van der Waals surface area (Å²) >= 11 is 0. The number of hydrogen-bond acceptors (Lipinski definition) is 4. The monoisotopic (exact) mass is 397 g/mol. The maximum Gasteiger partial charge on any atom is 0.573 e. The van der Waals surface area contributed by atoms with Crippen LogP contribution in [0.15, 0.2) is 41.0 Å². The van der Waals surface area contributed by atoms with Gasteiger partial charge in [0.25, 0.3) is 0 Å². The van der Waals surface area contributed by atoms with Gasteiger partial charge < -0.3 is 15.0 Å². The Morgan fingerprint density at radius 1 is 1.21 bits per heavy atom. The lowest BCUT2D eigenvalue weighted by Crippen LogP contribution is -2.70. The zero-order valence-corrected chi connectivity index (χ0v) is 16.9. The standard InChI is InChI=1S/C19H24F3N3O.C2H6/c1-23-10-16(25-13-18(14-25)11-24-12-18)5-3-2-4-15-6-8-17(9-7-15)26-19(20,21)22;1-2/h5-10,24H,2-4,11-14H2,1H3;1-2H3/b16-5+,23-10?;. The number of rotatable bonds is 7. The van der Waals surface area contributed by atoms with Crippen LogP contribution >= 0.6 is 0 Å². The van der Waals surface area contributed by atoms with Crippen LogP contribution in [0.4, 0.5) is 13.2 Å². The molecular formula is C21H30F3N3O. The van der Waals surface area contributed by atoms with Crippen LogP contribution in [0.3, 0.4) is 0 Å². The number of alkyl halides is 3. The number of nitrogens with one attached hydrogen (secondary N) is 1. The van der Waals surface area contributed by atoms with Crippen LogP contribution in [-0.4, -0.2) is 50.7 Å². The van der Waals surface area contributed by atoms with Crippen molar-refractivity contribution in [1.82, 2.24) is 10.2 Å². The molecule has 4 nitrogen and oxygen atoms in total. The van der Waals surface area contributed by atoms with Crippen LogP contribution in [0.5, 0.6) is 5.75 Å². The molecule has 7 heteroatoms. The number of benzene rings is 1. The number of aryl methyl sites for hydroxylation is 1. The van der Waals surface area contributed by atoms with E-state index in [9.17, 15) is 13.2 Å². The second-order valence-electron chi connectivity index (χ2n) is 7.06. The number of hydrogen-bond donors (Lipinski definition) is 1. The highest BCUT2D eigenvalue weighted by Crippen LogP contribution is 2.36. The minimum atomic E-state index is -4.64. The number of halogens is 3. The first kappa shape index (κ1) is 22.3. The van der Waals surface area contributed by atoms with Gasteiger partial charge in [-0.25, -0.2) is 0 Å². The molecule has 2 aliphatic heterocycles. The number of aliphatic imine (C=N–C) groups is 1. The fourth-order valence-corrected chi connectivity index (χ4v) is 3.46. The Balaban J connectivity index is 0.00000136. The number of ether oxygens (including phenoxy) is 1. The minimum absolute atomic E-state index is 0.181. The molecule has 3 rings (SSSR count). The molecule has 1 aromatic carbocycles. The second kappa shape index (κ2) is 9.96. The van der Waals surface area contributed by atoms with Gasteiger partial charge in [-0.2, -0.15) is 0 Å². The van der Waals surface area contributed by atoms with Crippen molar-refractivity contribution in [2.45, 2.75) is 39.5 Å². The summed E-state index contributed by atoms with van der Waals surface area (Å²) in [5.41, 5.74) is 2.64. The molecule has 0 aromatic heterocycles. The van der Waals surface area contributed by atoms with Gasteiger partial charge in [0.15, 0.2) is 0 Å². The smallest absolute Gasteiger partial charge is 0.406 e. The average Bonchev–Trinajstić information content (AvgIpc) is 2.58. The molecule has 2 fully saturated rings. The van der Waals surface area contributed by atoms with Crippen molar-refractivity contribution >= 4 is 6.21 Å². The summed E-state index contributed by atoms with van der Waals surface area (Å²) in [5.74, 6) is -0.181. The third kappa shape index (κ3) is 6.26. The minimum Gasteiger partial charge on any atom is -0.406 e. The first-order chi connectivity index (χ1) is 13.4. The topological polar surface area (TPSA) is 36.9 Å². The number of allylic oxidation sites excluding steroid dienone is 2. The molecule has 1 aromatic rings. The van der Waals surface area contributed by atoms with Crippen molar-refractivity contribution in [2.75, 3.05) is 33.2 Å². The predicted octanol–water partition coefficient (Wildman–Crippen LogP) is 4.42. The summed E-state index contributed by atoms with van der Waals surface area (Å²) in [6.45, 7) is 8.37. The van der Waals surface area contributed by atoms with Crippen LogP contribution in [0.25, 0.3) is 0 Å². The Hall–Kier alpha value is -2.02. The lowest BCUT2D eigenvalue weighted by atomic mass is 9.74. The van der Waals surface area contributed by atoms with Gasteiger partial charge in [-0.1, -0.05) is 32.1 Å². The van der Waals surface area contributed by atoms with Crippen molar-refractivity contribution in [3.63, 3.8) is 0 Å². The first-order valence-corrected chi connectivity index (χ1v) is 9.82. The van der Waals surface area contributed by atoms with E-state index >= 15 is 0 Å². The van der Waals surface area contributed by atoms with E-state index in [1.807, 2.05) is 20.1 Å². The highest BCUT2D eigenvalue weighted by Gasteiger charge is 2.47. The van der Waals surface area contributed by atoms with Crippen molar-refractivity contribution in [3.8, 4) is 5.75 Å². The van der Waals surface area contributed by atoms with Gasteiger partial charge >= 0.3 is 6.36 Å². The lowest BCUT2D eigenvalue weighted by Gasteiger charge is -2.57. The maximum absolute atomic E-state index is 12.2. The number of nitrogens with zero attached hydrogens (tertiary/aromatic N) is 2. The predicted molar refractivity (Wildman–Crippen MR) is 107 cm³/mol. The molecule has 156 valence electrons. The Morgan fingerprint density at radius 3 is 2.36 bits per heavy atom. The average molecular weight is 397 g/mol. The zero-order chi connectivity index (χ0) is 20.6. The maximum atomic E-state index is 12.2. The van der Waals surface area contributed by atoms with Crippen molar-refractivity contribution in [1.29, 1.82) is 0 Å². The van der Waals surface area contributed by atoms with Crippen LogP contribution in [-0.2, 0) is 6.42 Å². The summed E-state index contributed by atoms with van der Waals surface area (Å²) in [6, 6.07) is 6.09. The Bertz CT molecular complexity index is 656.